The Bertz CT molecular complexity index is 314. The van der Waals surface area contributed by atoms with E-state index in [2.05, 4.69) is 12.1 Å². The molecule has 1 unspecified atom stereocenters. The van der Waals surface area contributed by atoms with Crippen LogP contribution in [-0.2, 0) is 5.75 Å². The van der Waals surface area contributed by atoms with Gasteiger partial charge in [-0.2, -0.15) is 11.8 Å². The van der Waals surface area contributed by atoms with E-state index >= 15 is 0 Å². The number of benzene rings is 1. The molecule has 1 aromatic carbocycles. The summed E-state index contributed by atoms with van der Waals surface area (Å²) < 4.78 is 0. The Labute approximate surface area is 101 Å². The van der Waals surface area contributed by atoms with Crippen molar-refractivity contribution in [1.82, 2.24) is 0 Å². The molecule has 3 heteroatoms. The largest absolute Gasteiger partial charge is 0.396 e. The third-order valence-electron chi connectivity index (χ3n) is 2.18. The van der Waals surface area contributed by atoms with Crippen LogP contribution < -0.4 is 0 Å². The molecule has 0 fully saturated rings. The number of aliphatic hydroxyl groups excluding tert-OH is 1. The molecule has 0 saturated heterocycles. The maximum absolute atomic E-state index is 8.88. The van der Waals surface area contributed by atoms with Gasteiger partial charge in [-0.3, -0.25) is 0 Å². The smallest absolute Gasteiger partial charge is 0.0464 e. The molecular formula is C12H17ClOS. The molecule has 1 rings (SSSR count). The summed E-state index contributed by atoms with van der Waals surface area (Å²) in [5, 5.41) is 9.73. The van der Waals surface area contributed by atoms with E-state index in [1.165, 1.54) is 11.1 Å². The maximum Gasteiger partial charge on any atom is 0.0464 e. The zero-order chi connectivity index (χ0) is 11.3. The molecule has 0 aromatic heterocycles. The van der Waals surface area contributed by atoms with Gasteiger partial charge >= 0.3 is 0 Å². The van der Waals surface area contributed by atoms with Crippen molar-refractivity contribution in [2.24, 2.45) is 5.92 Å². The van der Waals surface area contributed by atoms with Crippen molar-refractivity contribution in [2.75, 3.05) is 12.4 Å². The lowest BCUT2D eigenvalue weighted by Gasteiger charge is -2.08. The van der Waals surface area contributed by atoms with Crippen molar-refractivity contribution in [2.45, 2.75) is 19.6 Å². The van der Waals surface area contributed by atoms with Gasteiger partial charge in [0, 0.05) is 17.4 Å². The average Bonchev–Trinajstić information content (AvgIpc) is 2.21. The van der Waals surface area contributed by atoms with Gasteiger partial charge in [0.25, 0.3) is 0 Å². The Kier molecular flexibility index (Phi) is 5.51. The molecular weight excluding hydrogens is 228 g/mol. The Hall–Kier alpha value is -0.180. The number of rotatable bonds is 5. The minimum Gasteiger partial charge on any atom is -0.396 e. The van der Waals surface area contributed by atoms with Gasteiger partial charge in [0.2, 0.25) is 0 Å². The molecule has 0 radical (unpaired) electrons. The summed E-state index contributed by atoms with van der Waals surface area (Å²) in [4.78, 5) is 0. The Morgan fingerprint density at radius 3 is 2.80 bits per heavy atom. The van der Waals surface area contributed by atoms with Gasteiger partial charge in [-0.25, -0.2) is 0 Å². The van der Waals surface area contributed by atoms with Crippen molar-refractivity contribution in [3.63, 3.8) is 0 Å². The first-order valence-electron chi connectivity index (χ1n) is 5.07. The summed E-state index contributed by atoms with van der Waals surface area (Å²) in [6, 6.07) is 6.15. The fourth-order valence-corrected chi connectivity index (χ4v) is 2.67. The summed E-state index contributed by atoms with van der Waals surface area (Å²) in [5.74, 6) is 2.25. The molecule has 1 nitrogen and oxygen atoms in total. The highest BCUT2D eigenvalue weighted by Gasteiger charge is 2.03. The van der Waals surface area contributed by atoms with Gasteiger partial charge in [-0.05, 0) is 35.8 Å². The molecule has 0 heterocycles. The van der Waals surface area contributed by atoms with E-state index in [1.54, 1.807) is 0 Å². The third-order valence-corrected chi connectivity index (χ3v) is 3.85. The van der Waals surface area contributed by atoms with Crippen LogP contribution in [0.1, 0.15) is 18.1 Å². The standard InChI is InChI=1S/C12H17ClOS/c1-9-3-4-11(12(13)5-9)8-15-7-10(2)6-14/h3-5,10,14H,6-8H2,1-2H3. The van der Waals surface area contributed by atoms with Gasteiger partial charge in [0.05, 0.1) is 0 Å². The summed E-state index contributed by atoms with van der Waals surface area (Å²) in [6.07, 6.45) is 0. The predicted molar refractivity (Wildman–Crippen MR) is 68.6 cm³/mol. The molecule has 0 aliphatic carbocycles. The van der Waals surface area contributed by atoms with Crippen LogP contribution in [0.25, 0.3) is 0 Å². The first-order valence-corrected chi connectivity index (χ1v) is 6.60. The van der Waals surface area contributed by atoms with Crippen molar-refractivity contribution in [3.05, 3.63) is 34.3 Å². The lowest BCUT2D eigenvalue weighted by atomic mass is 10.2. The molecule has 1 aromatic rings. The molecule has 1 N–H and O–H groups in total. The highest BCUT2D eigenvalue weighted by molar-refractivity contribution is 7.98. The van der Waals surface area contributed by atoms with E-state index < -0.39 is 0 Å². The van der Waals surface area contributed by atoms with Crippen molar-refractivity contribution < 1.29 is 5.11 Å². The number of halogens is 1. The number of hydrogen-bond donors (Lipinski definition) is 1. The predicted octanol–water partition coefficient (Wildman–Crippen LogP) is 3.51. The molecule has 1 atom stereocenters. The molecule has 0 bridgehead atoms. The molecule has 0 spiro atoms. The van der Waals surface area contributed by atoms with Crippen molar-refractivity contribution >= 4 is 23.4 Å². The van der Waals surface area contributed by atoms with Crippen molar-refractivity contribution in [1.29, 1.82) is 0 Å². The van der Waals surface area contributed by atoms with Crippen LogP contribution in [0.4, 0.5) is 0 Å². The molecule has 0 saturated carbocycles. The molecule has 15 heavy (non-hydrogen) atoms. The zero-order valence-electron chi connectivity index (χ0n) is 9.16. The van der Waals surface area contributed by atoms with Gasteiger partial charge < -0.3 is 5.11 Å². The van der Waals surface area contributed by atoms with Crippen LogP contribution >= 0.6 is 23.4 Å². The third kappa shape index (κ3) is 4.45. The number of thioether (sulfide) groups is 1. The second kappa shape index (κ2) is 6.41. The minimum atomic E-state index is 0.259. The van der Waals surface area contributed by atoms with Gasteiger partial charge in [-0.15, -0.1) is 0 Å². The first-order chi connectivity index (χ1) is 7.13. The molecule has 0 amide bonds. The van der Waals surface area contributed by atoms with Crippen LogP contribution in [-0.4, -0.2) is 17.5 Å². The fraction of sp³-hybridized carbons (Fsp3) is 0.500. The topological polar surface area (TPSA) is 20.2 Å². The Morgan fingerprint density at radius 2 is 2.20 bits per heavy atom. The van der Waals surface area contributed by atoms with Crippen LogP contribution in [0, 0.1) is 12.8 Å². The molecule has 0 aliphatic heterocycles. The highest BCUT2D eigenvalue weighted by Crippen LogP contribution is 2.23. The van der Waals surface area contributed by atoms with E-state index in [1.807, 2.05) is 31.7 Å². The van der Waals surface area contributed by atoms with E-state index in [4.69, 9.17) is 16.7 Å². The second-order valence-electron chi connectivity index (χ2n) is 3.90. The van der Waals surface area contributed by atoms with Gasteiger partial charge in [-0.1, -0.05) is 30.7 Å². The minimum absolute atomic E-state index is 0.259. The van der Waals surface area contributed by atoms with E-state index in [0.29, 0.717) is 5.92 Å². The summed E-state index contributed by atoms with van der Waals surface area (Å²) in [5.41, 5.74) is 2.37. The molecule has 84 valence electrons. The van der Waals surface area contributed by atoms with Gasteiger partial charge in [0.1, 0.15) is 0 Å². The Morgan fingerprint density at radius 1 is 1.47 bits per heavy atom. The van der Waals surface area contributed by atoms with Crippen LogP contribution in [0.2, 0.25) is 5.02 Å². The molecule has 0 aliphatic rings. The number of aryl methyl sites for hydroxylation is 1. The lowest BCUT2D eigenvalue weighted by Crippen LogP contribution is -2.03. The summed E-state index contributed by atoms with van der Waals surface area (Å²) in [7, 11) is 0. The van der Waals surface area contributed by atoms with E-state index in [0.717, 1.165) is 16.5 Å². The quantitative estimate of drug-likeness (QED) is 0.856. The fourth-order valence-electron chi connectivity index (χ4n) is 1.19. The second-order valence-corrected chi connectivity index (χ2v) is 5.34. The summed E-state index contributed by atoms with van der Waals surface area (Å²) >= 11 is 7.93. The lowest BCUT2D eigenvalue weighted by molar-refractivity contribution is 0.250. The first kappa shape index (κ1) is 12.9. The zero-order valence-corrected chi connectivity index (χ0v) is 10.7. The number of aliphatic hydroxyl groups is 1. The maximum atomic E-state index is 8.88. The van der Waals surface area contributed by atoms with Gasteiger partial charge in [0.15, 0.2) is 0 Å². The van der Waals surface area contributed by atoms with Crippen LogP contribution in [0.15, 0.2) is 18.2 Å². The van der Waals surface area contributed by atoms with E-state index in [9.17, 15) is 0 Å². The van der Waals surface area contributed by atoms with E-state index in [-0.39, 0.29) is 6.61 Å². The SMILES string of the molecule is Cc1ccc(CSCC(C)CO)c(Cl)c1. The summed E-state index contributed by atoms with van der Waals surface area (Å²) in [6.45, 7) is 4.34. The van der Waals surface area contributed by atoms with Crippen LogP contribution in [0.3, 0.4) is 0 Å². The van der Waals surface area contributed by atoms with Crippen molar-refractivity contribution in [3.8, 4) is 0 Å². The highest BCUT2D eigenvalue weighted by atomic mass is 35.5. The monoisotopic (exact) mass is 244 g/mol. The normalized spacial score (nSPS) is 12.8. The Balaban J connectivity index is 2.44. The average molecular weight is 245 g/mol. The van der Waals surface area contributed by atoms with Crippen LogP contribution in [0.5, 0.6) is 0 Å². The number of hydrogen-bond acceptors (Lipinski definition) is 2.